The van der Waals surface area contributed by atoms with Crippen molar-refractivity contribution < 1.29 is 0 Å². The van der Waals surface area contributed by atoms with Crippen molar-refractivity contribution in [3.63, 3.8) is 0 Å². The van der Waals surface area contributed by atoms with Crippen LogP contribution in [-0.4, -0.2) is 4.98 Å². The number of hydrogen-bond acceptors (Lipinski definition) is 0. The summed E-state index contributed by atoms with van der Waals surface area (Å²) in [5.41, 5.74) is 2.78. The maximum Gasteiger partial charge on any atom is 0.0359 e. The summed E-state index contributed by atoms with van der Waals surface area (Å²) in [4.78, 5) is 3.30. The SMILES string of the molecule is CCc1cc[nH]c1C1C=CC=C1. The lowest BCUT2D eigenvalue weighted by atomic mass is 10.0. The second kappa shape index (κ2) is 3.02. The molecule has 62 valence electrons. The van der Waals surface area contributed by atoms with E-state index in [0.717, 1.165) is 6.42 Å². The maximum absolute atomic E-state index is 3.30. The summed E-state index contributed by atoms with van der Waals surface area (Å²) in [5.74, 6) is 0.481. The van der Waals surface area contributed by atoms with E-state index in [-0.39, 0.29) is 0 Å². The molecule has 0 spiro atoms. The fraction of sp³-hybridized carbons (Fsp3) is 0.273. The Balaban J connectivity index is 2.32. The van der Waals surface area contributed by atoms with Crippen molar-refractivity contribution in [3.8, 4) is 0 Å². The Kier molecular flexibility index (Phi) is 1.86. The summed E-state index contributed by atoms with van der Waals surface area (Å²) in [6, 6.07) is 2.16. The van der Waals surface area contributed by atoms with Crippen molar-refractivity contribution in [2.45, 2.75) is 19.3 Å². The molecule has 1 aromatic heterocycles. The minimum absolute atomic E-state index is 0.481. The van der Waals surface area contributed by atoms with Gasteiger partial charge in [0.2, 0.25) is 0 Å². The van der Waals surface area contributed by atoms with Gasteiger partial charge in [-0.3, -0.25) is 0 Å². The highest BCUT2D eigenvalue weighted by Gasteiger charge is 2.11. The maximum atomic E-state index is 3.30. The molecule has 1 nitrogen and oxygen atoms in total. The zero-order valence-electron chi connectivity index (χ0n) is 7.25. The summed E-state index contributed by atoms with van der Waals surface area (Å²) in [6.45, 7) is 2.19. The van der Waals surface area contributed by atoms with E-state index in [1.54, 1.807) is 0 Å². The molecule has 0 bridgehead atoms. The van der Waals surface area contributed by atoms with Crippen LogP contribution >= 0.6 is 0 Å². The summed E-state index contributed by atoms with van der Waals surface area (Å²) < 4.78 is 0. The molecule has 1 heteroatoms. The molecule has 12 heavy (non-hydrogen) atoms. The normalized spacial score (nSPS) is 16.1. The van der Waals surface area contributed by atoms with Gasteiger partial charge in [0.05, 0.1) is 0 Å². The molecule has 1 N–H and O–H groups in total. The molecule has 1 aromatic rings. The number of rotatable bonds is 2. The first-order chi connectivity index (χ1) is 5.92. The third-order valence-corrected chi connectivity index (χ3v) is 2.33. The van der Waals surface area contributed by atoms with Crippen LogP contribution in [0.15, 0.2) is 36.6 Å². The Morgan fingerprint density at radius 1 is 1.33 bits per heavy atom. The first kappa shape index (κ1) is 7.41. The van der Waals surface area contributed by atoms with Gasteiger partial charge in [0.25, 0.3) is 0 Å². The summed E-state index contributed by atoms with van der Waals surface area (Å²) in [7, 11) is 0. The van der Waals surface area contributed by atoms with Gasteiger partial charge in [-0.2, -0.15) is 0 Å². The molecule has 2 rings (SSSR count). The van der Waals surface area contributed by atoms with Gasteiger partial charge in [0.1, 0.15) is 0 Å². The van der Waals surface area contributed by atoms with Gasteiger partial charge in [-0.1, -0.05) is 31.2 Å². The number of aromatic nitrogens is 1. The Bertz CT molecular complexity index is 306. The van der Waals surface area contributed by atoms with E-state index in [4.69, 9.17) is 0 Å². The molecule has 0 amide bonds. The van der Waals surface area contributed by atoms with Gasteiger partial charge in [-0.25, -0.2) is 0 Å². The van der Waals surface area contributed by atoms with Crippen LogP contribution < -0.4 is 0 Å². The van der Waals surface area contributed by atoms with Crippen LogP contribution in [0.2, 0.25) is 0 Å². The number of allylic oxidation sites excluding steroid dienone is 4. The van der Waals surface area contributed by atoms with E-state index in [0.29, 0.717) is 5.92 Å². The number of hydrogen-bond donors (Lipinski definition) is 1. The van der Waals surface area contributed by atoms with E-state index in [1.807, 2.05) is 6.20 Å². The number of nitrogens with one attached hydrogen (secondary N) is 1. The molecule has 0 fully saturated rings. The zero-order valence-corrected chi connectivity index (χ0v) is 7.25. The van der Waals surface area contributed by atoms with E-state index in [1.165, 1.54) is 11.3 Å². The van der Waals surface area contributed by atoms with Crippen molar-refractivity contribution in [1.82, 2.24) is 4.98 Å². The minimum atomic E-state index is 0.481. The lowest BCUT2D eigenvalue weighted by molar-refractivity contribution is 0.978. The van der Waals surface area contributed by atoms with Gasteiger partial charge in [0.15, 0.2) is 0 Å². The molecule has 0 saturated heterocycles. The van der Waals surface area contributed by atoms with Crippen LogP contribution in [0.25, 0.3) is 0 Å². The highest BCUT2D eigenvalue weighted by Crippen LogP contribution is 2.24. The van der Waals surface area contributed by atoms with Gasteiger partial charge in [0, 0.05) is 17.8 Å². The summed E-state index contributed by atoms with van der Waals surface area (Å²) in [5, 5.41) is 0. The smallest absolute Gasteiger partial charge is 0.0359 e. The molecule has 0 aliphatic heterocycles. The second-order valence-electron chi connectivity index (χ2n) is 3.07. The van der Waals surface area contributed by atoms with Crippen molar-refractivity contribution in [2.75, 3.05) is 0 Å². The predicted octanol–water partition coefficient (Wildman–Crippen LogP) is 2.79. The number of H-pyrrole nitrogens is 1. The lowest BCUT2D eigenvalue weighted by Crippen LogP contribution is -1.93. The summed E-state index contributed by atoms with van der Waals surface area (Å²) >= 11 is 0. The Labute approximate surface area is 72.8 Å². The van der Waals surface area contributed by atoms with E-state index in [9.17, 15) is 0 Å². The molecule has 0 radical (unpaired) electrons. The topological polar surface area (TPSA) is 15.8 Å². The van der Waals surface area contributed by atoms with Crippen molar-refractivity contribution in [2.24, 2.45) is 0 Å². The van der Waals surface area contributed by atoms with Crippen LogP contribution in [0, 0.1) is 0 Å². The van der Waals surface area contributed by atoms with Gasteiger partial charge in [-0.15, -0.1) is 0 Å². The lowest BCUT2D eigenvalue weighted by Gasteiger charge is -2.05. The highest BCUT2D eigenvalue weighted by atomic mass is 14.7. The molecule has 0 aromatic carbocycles. The van der Waals surface area contributed by atoms with Crippen LogP contribution in [0.4, 0.5) is 0 Å². The third kappa shape index (κ3) is 1.11. The largest absolute Gasteiger partial charge is 0.364 e. The zero-order chi connectivity index (χ0) is 8.39. The van der Waals surface area contributed by atoms with Crippen LogP contribution in [-0.2, 0) is 6.42 Å². The predicted molar refractivity (Wildman–Crippen MR) is 51.2 cm³/mol. The molecule has 1 heterocycles. The highest BCUT2D eigenvalue weighted by molar-refractivity contribution is 5.36. The van der Waals surface area contributed by atoms with Gasteiger partial charge < -0.3 is 4.98 Å². The van der Waals surface area contributed by atoms with Crippen LogP contribution in [0.1, 0.15) is 24.1 Å². The fourth-order valence-electron chi connectivity index (χ4n) is 1.66. The number of aromatic amines is 1. The molecular weight excluding hydrogens is 146 g/mol. The molecule has 1 aliphatic rings. The van der Waals surface area contributed by atoms with Gasteiger partial charge in [-0.05, 0) is 18.1 Å². The van der Waals surface area contributed by atoms with Crippen LogP contribution in [0.5, 0.6) is 0 Å². The fourth-order valence-corrected chi connectivity index (χ4v) is 1.66. The Hall–Kier alpha value is -1.24. The van der Waals surface area contributed by atoms with Crippen LogP contribution in [0.3, 0.4) is 0 Å². The quantitative estimate of drug-likeness (QED) is 0.683. The van der Waals surface area contributed by atoms with E-state index < -0.39 is 0 Å². The first-order valence-corrected chi connectivity index (χ1v) is 4.43. The average Bonchev–Trinajstić information content (AvgIpc) is 2.74. The molecule has 0 saturated carbocycles. The van der Waals surface area contributed by atoms with Crippen molar-refractivity contribution >= 4 is 0 Å². The van der Waals surface area contributed by atoms with Gasteiger partial charge >= 0.3 is 0 Å². The number of aryl methyl sites for hydroxylation is 1. The third-order valence-electron chi connectivity index (χ3n) is 2.33. The van der Waals surface area contributed by atoms with Crippen molar-refractivity contribution in [3.05, 3.63) is 47.8 Å². The molecule has 0 unspecified atom stereocenters. The summed E-state index contributed by atoms with van der Waals surface area (Å²) in [6.07, 6.45) is 11.8. The van der Waals surface area contributed by atoms with E-state index in [2.05, 4.69) is 42.3 Å². The minimum Gasteiger partial charge on any atom is -0.364 e. The molecule has 1 aliphatic carbocycles. The average molecular weight is 159 g/mol. The van der Waals surface area contributed by atoms with Crippen molar-refractivity contribution in [1.29, 1.82) is 0 Å². The monoisotopic (exact) mass is 159 g/mol. The Morgan fingerprint density at radius 2 is 2.08 bits per heavy atom. The van der Waals surface area contributed by atoms with E-state index >= 15 is 0 Å². The molecule has 0 atom stereocenters. The standard InChI is InChI=1S/C11H13N/c1-2-9-7-8-12-11(9)10-5-3-4-6-10/h3-8,10,12H,2H2,1H3. The molecular formula is C11H13N. The first-order valence-electron chi connectivity index (χ1n) is 4.43. The second-order valence-corrected chi connectivity index (χ2v) is 3.07. The Morgan fingerprint density at radius 3 is 2.75 bits per heavy atom.